The predicted octanol–water partition coefficient (Wildman–Crippen LogP) is 5.32. The van der Waals surface area contributed by atoms with Crippen molar-refractivity contribution >= 4 is 0 Å². The SMILES string of the molecule is CC(C)c1ccc(OCCN(C)CCOc2ccc(C(C)C)cc2)cc1. The minimum absolute atomic E-state index is 0.553. The molecule has 0 heterocycles. The standard InChI is InChI=1S/C23H33NO2/c1-18(2)20-6-10-22(11-7-20)25-16-14-24(5)15-17-26-23-12-8-21(9-13-23)19(3)4/h6-13,18-19H,14-17H2,1-5H3. The van der Waals surface area contributed by atoms with E-state index >= 15 is 0 Å². The van der Waals surface area contributed by atoms with Gasteiger partial charge in [0.15, 0.2) is 0 Å². The maximum absolute atomic E-state index is 5.83. The average Bonchev–Trinajstić information content (AvgIpc) is 2.62. The van der Waals surface area contributed by atoms with Gasteiger partial charge in [0.2, 0.25) is 0 Å². The summed E-state index contributed by atoms with van der Waals surface area (Å²) < 4.78 is 11.7. The van der Waals surface area contributed by atoms with Gasteiger partial charge >= 0.3 is 0 Å². The molecule has 142 valence electrons. The van der Waals surface area contributed by atoms with Gasteiger partial charge in [-0.15, -0.1) is 0 Å². The minimum Gasteiger partial charge on any atom is -0.492 e. The zero-order chi connectivity index (χ0) is 18.9. The van der Waals surface area contributed by atoms with Gasteiger partial charge in [-0.1, -0.05) is 52.0 Å². The molecule has 0 aliphatic rings. The second-order valence-corrected chi connectivity index (χ2v) is 7.45. The molecule has 2 aromatic rings. The summed E-state index contributed by atoms with van der Waals surface area (Å²) in [5.41, 5.74) is 2.68. The van der Waals surface area contributed by atoms with Crippen LogP contribution in [0.25, 0.3) is 0 Å². The van der Waals surface area contributed by atoms with Crippen molar-refractivity contribution in [3.63, 3.8) is 0 Å². The molecule has 2 aromatic carbocycles. The minimum atomic E-state index is 0.553. The van der Waals surface area contributed by atoms with Gasteiger partial charge in [0.25, 0.3) is 0 Å². The fourth-order valence-corrected chi connectivity index (χ4v) is 2.65. The maximum Gasteiger partial charge on any atom is 0.119 e. The van der Waals surface area contributed by atoms with Gasteiger partial charge in [-0.05, 0) is 54.3 Å². The van der Waals surface area contributed by atoms with E-state index in [1.165, 1.54) is 11.1 Å². The molecule has 3 nitrogen and oxygen atoms in total. The van der Waals surface area contributed by atoms with Crippen molar-refractivity contribution in [3.8, 4) is 11.5 Å². The zero-order valence-corrected chi connectivity index (χ0v) is 16.9. The smallest absolute Gasteiger partial charge is 0.119 e. The van der Waals surface area contributed by atoms with Crippen LogP contribution in [0.3, 0.4) is 0 Å². The maximum atomic E-state index is 5.83. The van der Waals surface area contributed by atoms with E-state index in [0.717, 1.165) is 24.6 Å². The van der Waals surface area contributed by atoms with Crippen LogP contribution in [0.15, 0.2) is 48.5 Å². The molecule has 0 fully saturated rings. The largest absolute Gasteiger partial charge is 0.492 e. The van der Waals surface area contributed by atoms with Crippen LogP contribution >= 0.6 is 0 Å². The molecule has 0 bridgehead atoms. The molecule has 0 radical (unpaired) electrons. The third-order valence-electron chi connectivity index (χ3n) is 4.58. The van der Waals surface area contributed by atoms with Crippen LogP contribution in [0.5, 0.6) is 11.5 Å². The molecule has 0 unspecified atom stereocenters. The van der Waals surface area contributed by atoms with Crippen molar-refractivity contribution in [2.75, 3.05) is 33.4 Å². The van der Waals surface area contributed by atoms with Gasteiger partial charge in [-0.3, -0.25) is 4.90 Å². The van der Waals surface area contributed by atoms with Crippen LogP contribution in [-0.4, -0.2) is 38.3 Å². The van der Waals surface area contributed by atoms with Crippen LogP contribution in [0.4, 0.5) is 0 Å². The highest BCUT2D eigenvalue weighted by Crippen LogP contribution is 2.19. The van der Waals surface area contributed by atoms with Gasteiger partial charge in [0, 0.05) is 13.1 Å². The number of hydrogen-bond donors (Lipinski definition) is 0. The number of likely N-dealkylation sites (N-methyl/N-ethyl adjacent to an activating group) is 1. The van der Waals surface area contributed by atoms with Crippen LogP contribution in [0.2, 0.25) is 0 Å². The number of nitrogens with zero attached hydrogens (tertiary/aromatic N) is 1. The lowest BCUT2D eigenvalue weighted by Gasteiger charge is -2.17. The Morgan fingerprint density at radius 2 is 1.00 bits per heavy atom. The number of ether oxygens (including phenoxy) is 2. The fraction of sp³-hybridized carbons (Fsp3) is 0.478. The summed E-state index contributed by atoms with van der Waals surface area (Å²) >= 11 is 0. The average molecular weight is 356 g/mol. The van der Waals surface area contributed by atoms with E-state index in [4.69, 9.17) is 9.47 Å². The number of rotatable bonds is 10. The second-order valence-electron chi connectivity index (χ2n) is 7.45. The molecular formula is C23H33NO2. The van der Waals surface area contributed by atoms with Crippen molar-refractivity contribution in [2.45, 2.75) is 39.5 Å². The molecule has 0 saturated heterocycles. The van der Waals surface area contributed by atoms with E-state index < -0.39 is 0 Å². The first-order valence-corrected chi connectivity index (χ1v) is 9.59. The van der Waals surface area contributed by atoms with Crippen LogP contribution in [0, 0.1) is 0 Å². The Hall–Kier alpha value is -2.00. The lowest BCUT2D eigenvalue weighted by Crippen LogP contribution is -2.28. The normalized spacial score (nSPS) is 11.4. The molecule has 0 aromatic heterocycles. The Morgan fingerprint density at radius 1 is 0.654 bits per heavy atom. The molecule has 3 heteroatoms. The molecular weight excluding hydrogens is 322 g/mol. The Morgan fingerprint density at radius 3 is 1.31 bits per heavy atom. The molecule has 2 rings (SSSR count). The first-order chi connectivity index (χ1) is 12.5. The quantitative estimate of drug-likeness (QED) is 0.575. The van der Waals surface area contributed by atoms with E-state index in [9.17, 15) is 0 Å². The van der Waals surface area contributed by atoms with E-state index in [1.807, 2.05) is 0 Å². The lowest BCUT2D eigenvalue weighted by atomic mass is 10.0. The Bertz CT molecular complexity index is 575. The van der Waals surface area contributed by atoms with Crippen molar-refractivity contribution in [3.05, 3.63) is 59.7 Å². The Labute approximate surface area is 158 Å². The van der Waals surface area contributed by atoms with Crippen LogP contribution in [0.1, 0.15) is 50.7 Å². The van der Waals surface area contributed by atoms with Gasteiger partial charge in [-0.2, -0.15) is 0 Å². The summed E-state index contributed by atoms with van der Waals surface area (Å²) in [6.07, 6.45) is 0. The predicted molar refractivity (Wildman–Crippen MR) is 110 cm³/mol. The van der Waals surface area contributed by atoms with E-state index in [0.29, 0.717) is 25.0 Å². The molecule has 0 atom stereocenters. The lowest BCUT2D eigenvalue weighted by molar-refractivity contribution is 0.202. The Balaban J connectivity index is 1.63. The van der Waals surface area contributed by atoms with E-state index in [2.05, 4.69) is 88.2 Å². The van der Waals surface area contributed by atoms with Crippen molar-refractivity contribution < 1.29 is 9.47 Å². The molecule has 0 saturated carbocycles. The van der Waals surface area contributed by atoms with Crippen molar-refractivity contribution in [1.29, 1.82) is 0 Å². The summed E-state index contributed by atoms with van der Waals surface area (Å²) in [4.78, 5) is 2.23. The fourth-order valence-electron chi connectivity index (χ4n) is 2.65. The zero-order valence-electron chi connectivity index (χ0n) is 16.9. The molecule has 0 spiro atoms. The summed E-state index contributed by atoms with van der Waals surface area (Å²) in [6, 6.07) is 16.8. The van der Waals surface area contributed by atoms with E-state index in [-0.39, 0.29) is 0 Å². The summed E-state index contributed by atoms with van der Waals surface area (Å²) in [5, 5.41) is 0. The number of benzene rings is 2. The van der Waals surface area contributed by atoms with Crippen LogP contribution in [-0.2, 0) is 0 Å². The molecule has 0 amide bonds. The van der Waals surface area contributed by atoms with Gasteiger partial charge in [0.1, 0.15) is 24.7 Å². The first-order valence-electron chi connectivity index (χ1n) is 9.59. The topological polar surface area (TPSA) is 21.7 Å². The molecule has 0 aliphatic carbocycles. The van der Waals surface area contributed by atoms with E-state index in [1.54, 1.807) is 0 Å². The van der Waals surface area contributed by atoms with Crippen molar-refractivity contribution in [1.82, 2.24) is 4.90 Å². The molecule has 0 aliphatic heterocycles. The van der Waals surface area contributed by atoms with Gasteiger partial charge in [0.05, 0.1) is 0 Å². The molecule has 0 N–H and O–H groups in total. The second kappa shape index (κ2) is 10.2. The number of hydrogen-bond acceptors (Lipinski definition) is 3. The summed E-state index contributed by atoms with van der Waals surface area (Å²) in [5.74, 6) is 2.97. The summed E-state index contributed by atoms with van der Waals surface area (Å²) in [7, 11) is 2.09. The highest BCUT2D eigenvalue weighted by Gasteiger charge is 2.03. The monoisotopic (exact) mass is 355 g/mol. The first kappa shape index (κ1) is 20.3. The van der Waals surface area contributed by atoms with Crippen LogP contribution < -0.4 is 9.47 Å². The highest BCUT2D eigenvalue weighted by atomic mass is 16.5. The third-order valence-corrected chi connectivity index (χ3v) is 4.58. The highest BCUT2D eigenvalue weighted by molar-refractivity contribution is 5.29. The van der Waals surface area contributed by atoms with Gasteiger partial charge < -0.3 is 9.47 Å². The summed E-state index contributed by atoms with van der Waals surface area (Å²) in [6.45, 7) is 11.9. The molecule has 26 heavy (non-hydrogen) atoms. The van der Waals surface area contributed by atoms with Gasteiger partial charge in [-0.25, -0.2) is 0 Å². The third kappa shape index (κ3) is 6.72. The Kier molecular flexibility index (Phi) is 7.99. The van der Waals surface area contributed by atoms with Crippen molar-refractivity contribution in [2.24, 2.45) is 0 Å².